The summed E-state index contributed by atoms with van der Waals surface area (Å²) in [4.78, 5) is 33.1. The molecule has 50 heavy (non-hydrogen) atoms. The Morgan fingerprint density at radius 3 is 2.48 bits per heavy atom. The van der Waals surface area contributed by atoms with Gasteiger partial charge in [-0.25, -0.2) is 9.40 Å². The van der Waals surface area contributed by atoms with Gasteiger partial charge in [-0.15, -0.1) is 0 Å². The fourth-order valence-corrected chi connectivity index (χ4v) is 6.02. The van der Waals surface area contributed by atoms with E-state index in [1.165, 1.54) is 42.4 Å². The number of hydrogen-bond acceptors (Lipinski definition) is 8. The maximum atomic E-state index is 15.4. The molecule has 3 heterocycles. The molecule has 0 radical (unpaired) electrons. The fourth-order valence-electron chi connectivity index (χ4n) is 5.85. The largest absolute Gasteiger partial charge is 0.510 e. The number of ether oxygens (including phenoxy) is 2. The van der Waals surface area contributed by atoms with Crippen molar-refractivity contribution in [1.82, 2.24) is 19.9 Å². The van der Waals surface area contributed by atoms with Crippen molar-refractivity contribution in [2.24, 2.45) is 5.92 Å². The van der Waals surface area contributed by atoms with Gasteiger partial charge in [-0.05, 0) is 36.2 Å². The van der Waals surface area contributed by atoms with E-state index in [9.17, 15) is 27.9 Å². The molecule has 2 amide bonds. The van der Waals surface area contributed by atoms with Gasteiger partial charge in [-0.1, -0.05) is 37.6 Å². The van der Waals surface area contributed by atoms with E-state index in [0.717, 1.165) is 23.3 Å². The number of amides is 2. The quantitative estimate of drug-likeness (QED) is 0.192. The molecule has 3 aromatic rings. The third kappa shape index (κ3) is 8.01. The highest BCUT2D eigenvalue weighted by atomic mass is 35.5. The third-order valence-corrected chi connectivity index (χ3v) is 8.67. The van der Waals surface area contributed by atoms with Gasteiger partial charge >= 0.3 is 6.18 Å². The fraction of sp³-hybridized carbons (Fsp3) is 0.382. The minimum atomic E-state index is -4.67. The zero-order valence-corrected chi connectivity index (χ0v) is 28.1. The summed E-state index contributed by atoms with van der Waals surface area (Å²) in [5.74, 6) is -5.74. The molecule has 1 unspecified atom stereocenters. The first-order valence-corrected chi connectivity index (χ1v) is 16.1. The Morgan fingerprint density at radius 2 is 1.84 bits per heavy atom. The predicted molar refractivity (Wildman–Crippen MR) is 174 cm³/mol. The summed E-state index contributed by atoms with van der Waals surface area (Å²) < 4.78 is 80.7. The molecule has 2 N–H and O–H groups in total. The van der Waals surface area contributed by atoms with Gasteiger partial charge in [0.15, 0.2) is 11.6 Å². The van der Waals surface area contributed by atoms with Gasteiger partial charge in [0.25, 0.3) is 11.8 Å². The number of nitrogens with one attached hydrogen (secondary N) is 1. The van der Waals surface area contributed by atoms with Gasteiger partial charge in [0, 0.05) is 60.3 Å². The van der Waals surface area contributed by atoms with Crippen LogP contribution in [-0.4, -0.2) is 89.4 Å². The lowest BCUT2D eigenvalue weighted by atomic mass is 9.95. The molecule has 10 nitrogen and oxygen atoms in total. The van der Waals surface area contributed by atoms with Crippen LogP contribution in [0.4, 0.5) is 27.6 Å². The number of aliphatic hydroxyl groups excluding tert-OH is 1. The second-order valence-corrected chi connectivity index (χ2v) is 12.5. The van der Waals surface area contributed by atoms with E-state index < -0.39 is 59.2 Å². The van der Waals surface area contributed by atoms with Gasteiger partial charge < -0.3 is 19.9 Å². The summed E-state index contributed by atoms with van der Waals surface area (Å²) in [6.45, 7) is 6.16. The number of alkyl halides is 3. The molecule has 2 aromatic carbocycles. The number of benzene rings is 2. The molecule has 2 aliphatic heterocycles. The number of halogens is 6. The normalized spacial score (nSPS) is 17.8. The molecule has 0 spiro atoms. The molecular weight excluding hydrogens is 689 g/mol. The second kappa shape index (κ2) is 15.3. The molecule has 1 aromatic heterocycles. The van der Waals surface area contributed by atoms with Crippen LogP contribution >= 0.6 is 11.6 Å². The van der Waals surface area contributed by atoms with Gasteiger partial charge in [0.1, 0.15) is 23.6 Å². The van der Waals surface area contributed by atoms with Crippen molar-refractivity contribution in [3.05, 3.63) is 87.9 Å². The first kappa shape index (κ1) is 37.0. The van der Waals surface area contributed by atoms with Crippen molar-refractivity contribution in [1.29, 1.82) is 0 Å². The van der Waals surface area contributed by atoms with E-state index >= 15 is 8.78 Å². The number of carbonyl (C=O) groups excluding carboxylic acids is 2. The highest BCUT2D eigenvalue weighted by molar-refractivity contribution is 6.31. The molecule has 1 atom stereocenters. The van der Waals surface area contributed by atoms with Crippen molar-refractivity contribution in [2.75, 3.05) is 51.8 Å². The lowest BCUT2D eigenvalue weighted by Crippen LogP contribution is -2.57. The summed E-state index contributed by atoms with van der Waals surface area (Å²) in [5, 5.41) is 16.4. The number of hydrogen-bond donors (Lipinski definition) is 2. The van der Waals surface area contributed by atoms with E-state index in [4.69, 9.17) is 21.1 Å². The minimum Gasteiger partial charge on any atom is -0.510 e. The number of nitrogens with zero attached hydrogens (tertiary/aromatic N) is 4. The standard InChI is InChI=1S/C34H35ClF5N5O5/c1-19(2)30-31(46)27(32(47)42-24-7-6-22(35)16-23(24)20-5-9-26(41-17-20)34(38,39)40)33(48)45(43(30)3)18-21-4-8-25(29(37)28(21)36)50-15-12-44-10-13-49-14-11-44/h4-9,16-17,19,30,46H,10-15,18H2,1-3H3,(H,42,47). The average molecular weight is 724 g/mol. The van der Waals surface area contributed by atoms with E-state index in [1.807, 2.05) is 0 Å². The predicted octanol–water partition coefficient (Wildman–Crippen LogP) is 6.07. The van der Waals surface area contributed by atoms with Crippen LogP contribution in [0.15, 0.2) is 60.0 Å². The number of aliphatic hydroxyl groups is 1. The molecular formula is C34H35ClF5N5O5. The van der Waals surface area contributed by atoms with Crippen molar-refractivity contribution in [2.45, 2.75) is 32.6 Å². The monoisotopic (exact) mass is 723 g/mol. The van der Waals surface area contributed by atoms with Gasteiger partial charge in [0.05, 0.1) is 25.8 Å². The van der Waals surface area contributed by atoms with Crippen molar-refractivity contribution >= 4 is 29.1 Å². The Balaban J connectivity index is 1.38. The average Bonchev–Trinajstić information content (AvgIpc) is 3.06. The Morgan fingerprint density at radius 1 is 1.12 bits per heavy atom. The number of carbonyl (C=O) groups is 2. The molecule has 16 heteroatoms. The summed E-state index contributed by atoms with van der Waals surface area (Å²) in [6, 6.07) is 7.73. The number of morpholine rings is 1. The molecule has 0 saturated carbocycles. The molecule has 5 rings (SSSR count). The summed E-state index contributed by atoms with van der Waals surface area (Å²) in [5.41, 5.74) is -1.56. The van der Waals surface area contributed by atoms with E-state index in [1.54, 1.807) is 13.8 Å². The lowest BCUT2D eigenvalue weighted by Gasteiger charge is -2.43. The van der Waals surface area contributed by atoms with E-state index in [2.05, 4.69) is 15.2 Å². The number of pyridine rings is 1. The molecule has 0 aliphatic carbocycles. The van der Waals surface area contributed by atoms with Crippen LogP contribution in [0.3, 0.4) is 0 Å². The molecule has 1 saturated heterocycles. The van der Waals surface area contributed by atoms with Crippen LogP contribution in [0.5, 0.6) is 5.75 Å². The molecule has 2 aliphatic rings. The smallest absolute Gasteiger partial charge is 0.433 e. The van der Waals surface area contributed by atoms with Gasteiger partial charge in [-0.2, -0.15) is 17.6 Å². The summed E-state index contributed by atoms with van der Waals surface area (Å²) >= 11 is 6.16. The zero-order valence-electron chi connectivity index (χ0n) is 27.4. The SMILES string of the molecule is CC(C)C1C(O)=C(C(=O)Nc2ccc(Cl)cc2-c2ccc(C(F)(F)F)nc2)C(=O)N(Cc2ccc(OCCN3CCOCC3)c(F)c2F)N1C. The number of likely N-dealkylation sites (N-methyl/N-ethyl adjacent to an activating group) is 1. The lowest BCUT2D eigenvalue weighted by molar-refractivity contribution is -0.155. The molecule has 268 valence electrons. The second-order valence-electron chi connectivity index (χ2n) is 12.1. The van der Waals surface area contributed by atoms with Gasteiger partial charge in [-0.3, -0.25) is 24.5 Å². The maximum absolute atomic E-state index is 15.4. The van der Waals surface area contributed by atoms with Crippen molar-refractivity contribution in [3.8, 4) is 16.9 Å². The van der Waals surface area contributed by atoms with E-state index in [-0.39, 0.29) is 45.7 Å². The Kier molecular flexibility index (Phi) is 11.3. The number of aromatic nitrogens is 1. The molecule has 1 fully saturated rings. The number of anilines is 1. The first-order valence-electron chi connectivity index (χ1n) is 15.7. The maximum Gasteiger partial charge on any atom is 0.433 e. The number of rotatable bonds is 10. The summed E-state index contributed by atoms with van der Waals surface area (Å²) in [7, 11) is 1.47. The van der Waals surface area contributed by atoms with Crippen LogP contribution in [0.1, 0.15) is 25.1 Å². The number of hydrazine groups is 1. The minimum absolute atomic E-state index is 0.0537. The topological polar surface area (TPSA) is 107 Å². The zero-order chi connectivity index (χ0) is 36.3. The Bertz CT molecular complexity index is 1770. The molecule has 0 bridgehead atoms. The van der Waals surface area contributed by atoms with Crippen LogP contribution < -0.4 is 10.1 Å². The van der Waals surface area contributed by atoms with E-state index in [0.29, 0.717) is 32.8 Å². The van der Waals surface area contributed by atoms with Crippen molar-refractivity contribution in [3.63, 3.8) is 0 Å². The first-order chi connectivity index (χ1) is 23.7. The van der Waals surface area contributed by atoms with Crippen LogP contribution in [-0.2, 0) is 27.0 Å². The van der Waals surface area contributed by atoms with Crippen molar-refractivity contribution < 1.29 is 46.1 Å². The van der Waals surface area contributed by atoms with Crippen LogP contribution in [0, 0.1) is 17.6 Å². The highest BCUT2D eigenvalue weighted by Crippen LogP contribution is 2.35. The van der Waals surface area contributed by atoms with Crippen LogP contribution in [0.25, 0.3) is 11.1 Å². The highest BCUT2D eigenvalue weighted by Gasteiger charge is 2.43. The van der Waals surface area contributed by atoms with Crippen LogP contribution in [0.2, 0.25) is 5.02 Å². The summed E-state index contributed by atoms with van der Waals surface area (Å²) in [6.07, 6.45) is -3.71. The Hall–Kier alpha value is -4.31. The third-order valence-electron chi connectivity index (χ3n) is 8.44. The van der Waals surface area contributed by atoms with Gasteiger partial charge in [0.2, 0.25) is 5.82 Å². The Labute approximate surface area is 290 Å².